The van der Waals surface area contributed by atoms with Crippen LogP contribution in [0.4, 0.5) is 22.7 Å². The zero-order valence-electron chi connectivity index (χ0n) is 29.8. The highest BCUT2D eigenvalue weighted by atomic mass is 32.2. The standard InChI is InChI=1S/C41H41N5O6S/c1-5-34(47)24-41(48)44-38-20-19-36(25-40(38)51-23-21-30-8-7-22-43-26-30)52-35-17-13-32(14-18-35)28-46(27-31-11-15-33(42-3)16-12-31)39-10-6-9-37(29(39)2)45-53(4,49)50/h6-20,22,25-26,45H,5,21,23-24,27-28H2,1-2,4H3,(H,44,48). The molecule has 0 bridgehead atoms. The lowest BCUT2D eigenvalue weighted by Crippen LogP contribution is -2.23. The summed E-state index contributed by atoms with van der Waals surface area (Å²) in [6.07, 6.45) is 5.26. The van der Waals surface area contributed by atoms with Crippen LogP contribution >= 0.6 is 0 Å². The third-order valence-electron chi connectivity index (χ3n) is 8.26. The summed E-state index contributed by atoms with van der Waals surface area (Å²) in [5.74, 6) is 0.907. The molecule has 0 atom stereocenters. The lowest BCUT2D eigenvalue weighted by Gasteiger charge is -2.28. The fraction of sp³-hybridized carbons (Fsp3) is 0.220. The second-order valence-corrected chi connectivity index (χ2v) is 14.2. The molecule has 2 N–H and O–H groups in total. The van der Waals surface area contributed by atoms with Crippen LogP contribution in [0.3, 0.4) is 0 Å². The van der Waals surface area contributed by atoms with Crippen LogP contribution in [0.1, 0.15) is 42.0 Å². The van der Waals surface area contributed by atoms with Gasteiger partial charge in [0, 0.05) is 50.1 Å². The van der Waals surface area contributed by atoms with Gasteiger partial charge in [0.2, 0.25) is 15.9 Å². The molecule has 0 fully saturated rings. The van der Waals surface area contributed by atoms with Crippen molar-refractivity contribution in [1.82, 2.24) is 4.98 Å². The van der Waals surface area contributed by atoms with Crippen molar-refractivity contribution in [2.75, 3.05) is 27.8 Å². The molecule has 272 valence electrons. The highest BCUT2D eigenvalue weighted by Gasteiger charge is 2.17. The number of benzene rings is 4. The third-order valence-corrected chi connectivity index (χ3v) is 8.85. The Balaban J connectivity index is 1.35. The molecule has 12 heteroatoms. The zero-order valence-corrected chi connectivity index (χ0v) is 30.7. The minimum Gasteiger partial charge on any atom is -0.491 e. The van der Waals surface area contributed by atoms with Gasteiger partial charge in [0.25, 0.3) is 0 Å². The van der Waals surface area contributed by atoms with Gasteiger partial charge in [-0.2, -0.15) is 0 Å². The summed E-state index contributed by atoms with van der Waals surface area (Å²) in [7, 11) is -3.48. The fourth-order valence-corrected chi connectivity index (χ4v) is 6.15. The van der Waals surface area contributed by atoms with Crippen LogP contribution in [0.15, 0.2) is 109 Å². The van der Waals surface area contributed by atoms with Crippen molar-refractivity contribution >= 4 is 44.5 Å². The molecular formula is C41H41N5O6S. The molecule has 53 heavy (non-hydrogen) atoms. The quantitative estimate of drug-likeness (QED) is 0.0723. The van der Waals surface area contributed by atoms with Crippen LogP contribution in [-0.2, 0) is 39.1 Å². The topological polar surface area (TPSA) is 131 Å². The second-order valence-electron chi connectivity index (χ2n) is 12.4. The van der Waals surface area contributed by atoms with Crippen LogP contribution in [0, 0.1) is 13.5 Å². The summed E-state index contributed by atoms with van der Waals surface area (Å²) >= 11 is 0. The number of aromatic nitrogens is 1. The molecule has 0 radical (unpaired) electrons. The molecule has 4 aromatic carbocycles. The number of amides is 1. The van der Waals surface area contributed by atoms with E-state index in [9.17, 15) is 18.0 Å². The first-order chi connectivity index (χ1) is 25.5. The number of hydrogen-bond acceptors (Lipinski definition) is 8. The van der Waals surface area contributed by atoms with Gasteiger partial charge in [0.15, 0.2) is 5.69 Å². The summed E-state index contributed by atoms with van der Waals surface area (Å²) in [6.45, 7) is 12.2. The first-order valence-electron chi connectivity index (χ1n) is 17.0. The highest BCUT2D eigenvalue weighted by molar-refractivity contribution is 7.92. The number of ether oxygens (including phenoxy) is 2. The van der Waals surface area contributed by atoms with E-state index in [1.54, 1.807) is 55.7 Å². The van der Waals surface area contributed by atoms with E-state index in [1.807, 2.05) is 67.6 Å². The van der Waals surface area contributed by atoms with Gasteiger partial charge in [0.05, 0.1) is 37.2 Å². The van der Waals surface area contributed by atoms with Crippen molar-refractivity contribution in [2.24, 2.45) is 0 Å². The number of carbonyl (C=O) groups excluding carboxylic acids is 2. The Hall–Kier alpha value is -6.19. The SMILES string of the molecule is [C-]#[N+]c1ccc(CN(Cc2ccc(Oc3ccc(NC(=O)CC(=O)CC)c(OCCc4cccnc4)c3)cc2)c2cccc(NS(C)(=O)=O)c2C)cc1. The summed E-state index contributed by atoms with van der Waals surface area (Å²) in [5, 5.41) is 2.79. The molecule has 0 aliphatic carbocycles. The number of anilines is 3. The molecule has 0 saturated heterocycles. The molecule has 5 aromatic rings. The van der Waals surface area contributed by atoms with Crippen molar-refractivity contribution in [3.05, 3.63) is 143 Å². The Morgan fingerprint density at radius 2 is 1.57 bits per heavy atom. The third kappa shape index (κ3) is 11.4. The van der Waals surface area contributed by atoms with Crippen molar-refractivity contribution in [1.29, 1.82) is 0 Å². The summed E-state index contributed by atoms with van der Waals surface area (Å²) in [5.41, 5.74) is 6.11. The van der Waals surface area contributed by atoms with E-state index in [1.165, 1.54) is 0 Å². The van der Waals surface area contributed by atoms with Crippen LogP contribution in [-0.4, -0.2) is 38.0 Å². The number of hydrogen-bond donors (Lipinski definition) is 2. The molecule has 5 rings (SSSR count). The van der Waals surface area contributed by atoms with Gasteiger partial charge < -0.3 is 19.7 Å². The van der Waals surface area contributed by atoms with E-state index >= 15 is 0 Å². The number of Topliss-reactive ketones (excluding diaryl/α,β-unsaturated/α-hetero) is 1. The minimum absolute atomic E-state index is 0.157. The van der Waals surface area contributed by atoms with Gasteiger partial charge in [0.1, 0.15) is 23.0 Å². The van der Waals surface area contributed by atoms with E-state index < -0.39 is 15.9 Å². The molecule has 11 nitrogen and oxygen atoms in total. The molecule has 1 aromatic heterocycles. The number of rotatable bonds is 17. The van der Waals surface area contributed by atoms with E-state index in [2.05, 4.69) is 24.8 Å². The number of sulfonamides is 1. The first-order valence-corrected chi connectivity index (χ1v) is 18.9. The average Bonchev–Trinajstić information content (AvgIpc) is 3.14. The molecule has 0 saturated carbocycles. The molecule has 1 heterocycles. The molecular weight excluding hydrogens is 691 g/mol. The normalized spacial score (nSPS) is 10.9. The Kier molecular flexibility index (Phi) is 12.8. The summed E-state index contributed by atoms with van der Waals surface area (Å²) in [6, 6.07) is 29.5. The predicted octanol–water partition coefficient (Wildman–Crippen LogP) is 8.24. The molecule has 0 aliphatic heterocycles. The minimum atomic E-state index is -3.48. The van der Waals surface area contributed by atoms with E-state index in [4.69, 9.17) is 16.0 Å². The van der Waals surface area contributed by atoms with E-state index in [0.717, 1.165) is 34.2 Å². The summed E-state index contributed by atoms with van der Waals surface area (Å²) < 4.78 is 39.0. The van der Waals surface area contributed by atoms with Gasteiger partial charge in [-0.3, -0.25) is 19.3 Å². The maximum absolute atomic E-state index is 12.6. The van der Waals surface area contributed by atoms with Crippen LogP contribution in [0.25, 0.3) is 4.85 Å². The zero-order chi connectivity index (χ0) is 37.8. The number of ketones is 1. The van der Waals surface area contributed by atoms with Crippen molar-refractivity contribution in [2.45, 2.75) is 46.2 Å². The van der Waals surface area contributed by atoms with Gasteiger partial charge in [-0.15, -0.1) is 0 Å². The lowest BCUT2D eigenvalue weighted by molar-refractivity contribution is -0.125. The average molecular weight is 732 g/mol. The van der Waals surface area contributed by atoms with Gasteiger partial charge >= 0.3 is 0 Å². The van der Waals surface area contributed by atoms with E-state index in [0.29, 0.717) is 60.4 Å². The highest BCUT2D eigenvalue weighted by Crippen LogP contribution is 2.34. The molecule has 0 unspecified atom stereocenters. The van der Waals surface area contributed by atoms with Gasteiger partial charge in [-0.1, -0.05) is 55.5 Å². The predicted molar refractivity (Wildman–Crippen MR) is 207 cm³/mol. The Morgan fingerprint density at radius 3 is 2.21 bits per heavy atom. The van der Waals surface area contributed by atoms with Crippen LogP contribution in [0.5, 0.6) is 17.2 Å². The maximum Gasteiger partial charge on any atom is 0.231 e. The van der Waals surface area contributed by atoms with Gasteiger partial charge in [-0.05, 0) is 71.6 Å². The number of carbonyl (C=O) groups is 2. The van der Waals surface area contributed by atoms with Crippen LogP contribution in [0.2, 0.25) is 0 Å². The summed E-state index contributed by atoms with van der Waals surface area (Å²) in [4.78, 5) is 34.2. The van der Waals surface area contributed by atoms with Crippen molar-refractivity contribution < 1.29 is 27.5 Å². The number of pyridine rings is 1. The molecule has 0 spiro atoms. The largest absolute Gasteiger partial charge is 0.491 e. The Morgan fingerprint density at radius 1 is 0.868 bits per heavy atom. The fourth-order valence-electron chi connectivity index (χ4n) is 5.53. The number of nitrogens with zero attached hydrogens (tertiary/aromatic N) is 3. The Labute approximate surface area is 310 Å². The van der Waals surface area contributed by atoms with E-state index in [-0.39, 0.29) is 18.6 Å². The molecule has 0 aliphatic rings. The lowest BCUT2D eigenvalue weighted by atomic mass is 10.1. The van der Waals surface area contributed by atoms with Crippen LogP contribution < -0.4 is 24.4 Å². The van der Waals surface area contributed by atoms with Gasteiger partial charge in [-0.25, -0.2) is 13.3 Å². The Bertz CT molecular complexity index is 2190. The molecule has 1 amide bonds. The number of nitrogens with one attached hydrogen (secondary N) is 2. The van der Waals surface area contributed by atoms with Crippen molar-refractivity contribution in [3.8, 4) is 17.2 Å². The maximum atomic E-state index is 12.6. The smallest absolute Gasteiger partial charge is 0.231 e. The first kappa shape index (κ1) is 38.1. The monoisotopic (exact) mass is 731 g/mol. The van der Waals surface area contributed by atoms with Crippen molar-refractivity contribution in [3.63, 3.8) is 0 Å². The second kappa shape index (κ2) is 17.8.